The van der Waals surface area contributed by atoms with E-state index in [1.807, 2.05) is 57.5 Å². The Bertz CT molecular complexity index is 1200. The van der Waals surface area contributed by atoms with Crippen LogP contribution in [-0.2, 0) is 4.79 Å². The summed E-state index contributed by atoms with van der Waals surface area (Å²) in [5.74, 6) is -1.09. The first-order valence-corrected chi connectivity index (χ1v) is 10.4. The number of fused-ring (bicyclic) bond motifs is 1. The number of amides is 1. The Morgan fingerprint density at radius 2 is 1.93 bits per heavy atom. The minimum absolute atomic E-state index is 0.00909. The molecule has 0 aliphatic carbocycles. The monoisotopic (exact) mass is 513 g/mol. The zero-order valence-corrected chi connectivity index (χ0v) is 17.9. The molecule has 0 aliphatic rings. The molecule has 1 atom stereocenters. The summed E-state index contributed by atoms with van der Waals surface area (Å²) in [6, 6.07) is 19.3. The molecule has 5 nitrogen and oxygen atoms in total. The number of aromatic nitrogens is 2. The molecule has 0 aliphatic heterocycles. The van der Waals surface area contributed by atoms with Gasteiger partial charge in [-0.2, -0.15) is 0 Å². The molecule has 1 heterocycles. The molecule has 1 amide bonds. The van der Waals surface area contributed by atoms with Gasteiger partial charge in [0, 0.05) is 15.7 Å². The maximum atomic E-state index is 14.1. The molecule has 0 radical (unpaired) electrons. The molecule has 0 bridgehead atoms. The maximum absolute atomic E-state index is 14.1. The lowest BCUT2D eigenvalue weighted by Gasteiger charge is -2.18. The van der Waals surface area contributed by atoms with E-state index in [0.717, 1.165) is 22.9 Å². The fourth-order valence-corrected chi connectivity index (χ4v) is 4.15. The minimum Gasteiger partial charge on any atom is -0.322 e. The van der Waals surface area contributed by atoms with Gasteiger partial charge in [0.1, 0.15) is 12.1 Å². The van der Waals surface area contributed by atoms with E-state index < -0.39 is 11.7 Å². The summed E-state index contributed by atoms with van der Waals surface area (Å²) in [4.78, 5) is 28.4. The van der Waals surface area contributed by atoms with E-state index in [-0.39, 0.29) is 11.6 Å². The Morgan fingerprint density at radius 3 is 2.67 bits per heavy atom. The van der Waals surface area contributed by atoms with Crippen molar-refractivity contribution in [2.75, 3.05) is 5.32 Å². The predicted octanol–water partition coefficient (Wildman–Crippen LogP) is 5.21. The number of rotatable bonds is 6. The van der Waals surface area contributed by atoms with Gasteiger partial charge in [-0.05, 0) is 58.5 Å². The van der Waals surface area contributed by atoms with Crippen LogP contribution in [-0.4, -0.2) is 21.7 Å². The van der Waals surface area contributed by atoms with Crippen molar-refractivity contribution in [2.24, 2.45) is 0 Å². The molecule has 30 heavy (non-hydrogen) atoms. The van der Waals surface area contributed by atoms with Gasteiger partial charge in [0.25, 0.3) is 5.91 Å². The van der Waals surface area contributed by atoms with Crippen LogP contribution in [0.4, 0.5) is 10.1 Å². The maximum Gasteiger partial charge on any atom is 0.259 e. The van der Waals surface area contributed by atoms with Gasteiger partial charge >= 0.3 is 0 Å². The number of hydrogen-bond donors (Lipinski definition) is 1. The minimum atomic E-state index is -0.569. The number of anilines is 1. The standard InChI is InChI=1S/C23H17FIN3O2/c24-17-7-4-8-18(25)22(17)23(30)27-16-9-10-19-21(13-16)28(14-26-19)20(11-12-29)15-5-2-1-3-6-15/h1-10,12-14,20H,11H2,(H,27,30). The first-order valence-electron chi connectivity index (χ1n) is 9.29. The van der Waals surface area contributed by atoms with E-state index in [1.165, 1.54) is 6.07 Å². The van der Waals surface area contributed by atoms with Crippen molar-refractivity contribution in [1.82, 2.24) is 9.55 Å². The van der Waals surface area contributed by atoms with Gasteiger partial charge in [-0.3, -0.25) is 4.79 Å². The Kier molecular flexibility index (Phi) is 5.89. The number of carbonyl (C=O) groups is 2. The van der Waals surface area contributed by atoms with Crippen molar-refractivity contribution >= 4 is 51.5 Å². The molecule has 1 N–H and O–H groups in total. The fraction of sp³-hybridized carbons (Fsp3) is 0.0870. The second kappa shape index (κ2) is 8.74. The van der Waals surface area contributed by atoms with E-state index in [1.54, 1.807) is 36.7 Å². The summed E-state index contributed by atoms with van der Waals surface area (Å²) < 4.78 is 16.6. The zero-order valence-electron chi connectivity index (χ0n) is 15.8. The molecular weight excluding hydrogens is 496 g/mol. The predicted molar refractivity (Wildman–Crippen MR) is 122 cm³/mol. The van der Waals surface area contributed by atoms with Gasteiger partial charge < -0.3 is 14.7 Å². The Labute approximate surface area is 186 Å². The highest BCUT2D eigenvalue weighted by Crippen LogP contribution is 2.28. The summed E-state index contributed by atoms with van der Waals surface area (Å²) in [5, 5.41) is 2.77. The lowest BCUT2D eigenvalue weighted by atomic mass is 10.0. The second-order valence-corrected chi connectivity index (χ2v) is 7.90. The summed E-state index contributed by atoms with van der Waals surface area (Å²) in [5.41, 5.74) is 3.02. The first kappa shape index (κ1) is 20.2. The van der Waals surface area contributed by atoms with Crippen LogP contribution in [0.2, 0.25) is 0 Å². The largest absolute Gasteiger partial charge is 0.322 e. The third-order valence-electron chi connectivity index (χ3n) is 4.86. The van der Waals surface area contributed by atoms with Crippen LogP contribution in [0, 0.1) is 9.39 Å². The van der Waals surface area contributed by atoms with Gasteiger partial charge in [0.05, 0.1) is 29.0 Å². The highest BCUT2D eigenvalue weighted by atomic mass is 127. The number of nitrogens with one attached hydrogen (secondary N) is 1. The molecule has 0 saturated heterocycles. The van der Waals surface area contributed by atoms with Gasteiger partial charge in [0.2, 0.25) is 0 Å². The number of benzene rings is 3. The number of imidazole rings is 1. The third kappa shape index (κ3) is 3.97. The average Bonchev–Trinajstić information content (AvgIpc) is 3.15. The molecule has 4 aromatic rings. The van der Waals surface area contributed by atoms with E-state index in [2.05, 4.69) is 10.3 Å². The van der Waals surface area contributed by atoms with Gasteiger partial charge in [-0.15, -0.1) is 0 Å². The van der Waals surface area contributed by atoms with Crippen molar-refractivity contribution in [3.8, 4) is 0 Å². The molecular formula is C23H17FIN3O2. The SMILES string of the molecule is O=CCC(c1ccccc1)n1cnc2ccc(NC(=O)c3c(F)cccc3I)cc21. The summed E-state index contributed by atoms with van der Waals surface area (Å²) in [6.45, 7) is 0. The number of nitrogens with zero attached hydrogens (tertiary/aromatic N) is 2. The highest BCUT2D eigenvalue weighted by Gasteiger charge is 2.18. The highest BCUT2D eigenvalue weighted by molar-refractivity contribution is 14.1. The number of aldehydes is 1. The first-order chi connectivity index (χ1) is 14.6. The van der Waals surface area contributed by atoms with Crippen molar-refractivity contribution in [1.29, 1.82) is 0 Å². The number of halogens is 2. The summed E-state index contributed by atoms with van der Waals surface area (Å²) >= 11 is 1.94. The fourth-order valence-electron chi connectivity index (χ4n) is 3.44. The van der Waals surface area contributed by atoms with E-state index >= 15 is 0 Å². The van der Waals surface area contributed by atoms with Crippen LogP contribution < -0.4 is 5.32 Å². The second-order valence-electron chi connectivity index (χ2n) is 6.73. The van der Waals surface area contributed by atoms with Gasteiger partial charge in [-0.25, -0.2) is 9.37 Å². The van der Waals surface area contributed by atoms with Crippen LogP contribution in [0.15, 0.2) is 73.1 Å². The number of carbonyl (C=O) groups excluding carboxylic acids is 2. The smallest absolute Gasteiger partial charge is 0.259 e. The zero-order chi connectivity index (χ0) is 21.1. The summed E-state index contributed by atoms with van der Waals surface area (Å²) in [6.07, 6.45) is 2.87. The molecule has 1 unspecified atom stereocenters. The molecule has 7 heteroatoms. The quantitative estimate of drug-likeness (QED) is 0.285. The van der Waals surface area contributed by atoms with E-state index in [0.29, 0.717) is 15.7 Å². The molecule has 0 fully saturated rings. The summed E-state index contributed by atoms with van der Waals surface area (Å²) in [7, 11) is 0. The Balaban J connectivity index is 1.71. The lowest BCUT2D eigenvalue weighted by Crippen LogP contribution is -2.15. The van der Waals surface area contributed by atoms with Gasteiger partial charge in [0.15, 0.2) is 0 Å². The normalized spacial score (nSPS) is 11.9. The van der Waals surface area contributed by atoms with Crippen molar-refractivity contribution in [2.45, 2.75) is 12.5 Å². The molecule has 150 valence electrons. The Morgan fingerprint density at radius 1 is 1.13 bits per heavy atom. The topological polar surface area (TPSA) is 64.0 Å². The van der Waals surface area contributed by atoms with Crippen LogP contribution in [0.1, 0.15) is 28.4 Å². The van der Waals surface area contributed by atoms with Crippen LogP contribution in [0.5, 0.6) is 0 Å². The van der Waals surface area contributed by atoms with E-state index in [4.69, 9.17) is 0 Å². The van der Waals surface area contributed by atoms with Crippen molar-refractivity contribution < 1.29 is 14.0 Å². The molecule has 4 rings (SSSR count). The molecule has 0 saturated carbocycles. The third-order valence-corrected chi connectivity index (χ3v) is 5.76. The van der Waals surface area contributed by atoms with Crippen LogP contribution in [0.3, 0.4) is 0 Å². The van der Waals surface area contributed by atoms with Gasteiger partial charge in [-0.1, -0.05) is 36.4 Å². The van der Waals surface area contributed by atoms with Crippen LogP contribution in [0.25, 0.3) is 11.0 Å². The molecule has 0 spiro atoms. The average molecular weight is 513 g/mol. The lowest BCUT2D eigenvalue weighted by molar-refractivity contribution is -0.108. The Hall–Kier alpha value is -3.07. The molecule has 1 aromatic heterocycles. The molecule has 3 aromatic carbocycles. The van der Waals surface area contributed by atoms with Crippen LogP contribution >= 0.6 is 22.6 Å². The number of hydrogen-bond acceptors (Lipinski definition) is 3. The van der Waals surface area contributed by atoms with Crippen molar-refractivity contribution in [3.05, 3.63) is 93.6 Å². The van der Waals surface area contributed by atoms with Crippen molar-refractivity contribution in [3.63, 3.8) is 0 Å². The van der Waals surface area contributed by atoms with E-state index in [9.17, 15) is 14.0 Å².